The van der Waals surface area contributed by atoms with Crippen LogP contribution >= 0.6 is 0 Å². The van der Waals surface area contributed by atoms with Gasteiger partial charge in [-0.1, -0.05) is 0 Å². The van der Waals surface area contributed by atoms with Gasteiger partial charge in [0.25, 0.3) is 0 Å². The highest BCUT2D eigenvalue weighted by Crippen LogP contribution is 2.42. The van der Waals surface area contributed by atoms with E-state index in [2.05, 4.69) is 0 Å². The molecule has 19 heavy (non-hydrogen) atoms. The van der Waals surface area contributed by atoms with Crippen molar-refractivity contribution in [2.24, 2.45) is 0 Å². The number of aliphatic hydroxyl groups excluding tert-OH is 2. The minimum absolute atomic E-state index is 0.151. The van der Waals surface area contributed by atoms with Crippen molar-refractivity contribution >= 4 is 5.91 Å². The molecule has 2 saturated heterocycles. The van der Waals surface area contributed by atoms with Gasteiger partial charge < -0.3 is 29.3 Å². The zero-order valence-electron chi connectivity index (χ0n) is 11.6. The molecule has 110 valence electrons. The average molecular weight is 275 g/mol. The van der Waals surface area contributed by atoms with E-state index in [-0.39, 0.29) is 5.91 Å². The molecule has 0 aromatic carbocycles. The molecule has 2 rings (SSSR count). The Hall–Kier alpha value is -0.730. The van der Waals surface area contributed by atoms with E-state index >= 15 is 0 Å². The standard InChI is InChI=1S/C12H21NO6/c1-6(15)13-8-10(19-12(13,2)3)9(7(16)5-14)18-11(8)17-4/h7-11,14,16H,5H2,1-4H3/t7-,8+,9-,10-,11+/m1/s1. The number of amides is 1. The molecule has 0 saturated carbocycles. The fourth-order valence-electron chi connectivity index (χ4n) is 3.01. The van der Waals surface area contributed by atoms with E-state index in [9.17, 15) is 9.90 Å². The summed E-state index contributed by atoms with van der Waals surface area (Å²) in [5.41, 5.74) is -0.796. The molecule has 0 radical (unpaired) electrons. The fourth-order valence-corrected chi connectivity index (χ4v) is 3.01. The number of methoxy groups -OCH3 is 1. The molecule has 2 N–H and O–H groups in total. The van der Waals surface area contributed by atoms with Gasteiger partial charge in [-0.05, 0) is 13.8 Å². The van der Waals surface area contributed by atoms with Gasteiger partial charge in [-0.15, -0.1) is 0 Å². The highest BCUT2D eigenvalue weighted by atomic mass is 16.7. The van der Waals surface area contributed by atoms with E-state index in [1.165, 1.54) is 14.0 Å². The maximum absolute atomic E-state index is 11.8. The van der Waals surface area contributed by atoms with Crippen molar-refractivity contribution in [2.45, 2.75) is 57.1 Å². The quantitative estimate of drug-likeness (QED) is 0.691. The lowest BCUT2D eigenvalue weighted by atomic mass is 10.0. The predicted octanol–water partition coefficient (Wildman–Crippen LogP) is -0.937. The van der Waals surface area contributed by atoms with E-state index < -0.39 is 43.0 Å². The van der Waals surface area contributed by atoms with Gasteiger partial charge in [0.1, 0.15) is 30.1 Å². The number of fused-ring (bicyclic) bond motifs is 1. The van der Waals surface area contributed by atoms with Crippen LogP contribution in [0.4, 0.5) is 0 Å². The Balaban J connectivity index is 2.32. The van der Waals surface area contributed by atoms with E-state index in [0.717, 1.165) is 0 Å². The van der Waals surface area contributed by atoms with Crippen LogP contribution < -0.4 is 0 Å². The lowest BCUT2D eigenvalue weighted by Crippen LogP contribution is -2.51. The Bertz CT molecular complexity index is 360. The summed E-state index contributed by atoms with van der Waals surface area (Å²) in [5, 5.41) is 18.9. The molecule has 0 aromatic heterocycles. The Kier molecular flexibility index (Phi) is 3.85. The lowest BCUT2D eigenvalue weighted by molar-refractivity contribution is -0.202. The SMILES string of the molecule is CO[C@H]1O[C@H]([C@H](O)CO)[C@@H]2OC(C)(C)N(C(C)=O)[C@H]12. The number of carbonyl (C=O) groups is 1. The number of ether oxygens (including phenoxy) is 3. The summed E-state index contributed by atoms with van der Waals surface area (Å²) in [5.74, 6) is -0.151. The van der Waals surface area contributed by atoms with Gasteiger partial charge in [0, 0.05) is 14.0 Å². The van der Waals surface area contributed by atoms with Gasteiger partial charge in [0.2, 0.25) is 5.91 Å². The minimum atomic E-state index is -1.07. The molecule has 0 aliphatic carbocycles. The first-order valence-corrected chi connectivity index (χ1v) is 6.28. The molecule has 0 bridgehead atoms. The molecule has 1 amide bonds. The van der Waals surface area contributed by atoms with E-state index in [1.54, 1.807) is 18.7 Å². The van der Waals surface area contributed by atoms with Crippen molar-refractivity contribution in [3.8, 4) is 0 Å². The first-order chi connectivity index (χ1) is 8.83. The second kappa shape index (κ2) is 4.99. The molecule has 2 aliphatic heterocycles. The summed E-state index contributed by atoms with van der Waals surface area (Å²) in [4.78, 5) is 13.4. The number of hydrogen-bond donors (Lipinski definition) is 2. The highest BCUT2D eigenvalue weighted by Gasteiger charge is 2.61. The number of carbonyl (C=O) groups excluding carboxylic acids is 1. The Labute approximate surface area is 112 Å². The maximum Gasteiger partial charge on any atom is 0.222 e. The van der Waals surface area contributed by atoms with Crippen LogP contribution in [0.25, 0.3) is 0 Å². The smallest absolute Gasteiger partial charge is 0.222 e. The van der Waals surface area contributed by atoms with Gasteiger partial charge >= 0.3 is 0 Å². The number of aliphatic hydroxyl groups is 2. The third kappa shape index (κ3) is 2.25. The fraction of sp³-hybridized carbons (Fsp3) is 0.917. The van der Waals surface area contributed by atoms with Crippen molar-refractivity contribution in [2.75, 3.05) is 13.7 Å². The number of hydrogen-bond acceptors (Lipinski definition) is 6. The molecule has 2 fully saturated rings. The molecule has 0 aromatic rings. The van der Waals surface area contributed by atoms with Gasteiger partial charge in [-0.2, -0.15) is 0 Å². The Morgan fingerprint density at radius 2 is 2.16 bits per heavy atom. The van der Waals surface area contributed by atoms with Crippen LogP contribution in [0, 0.1) is 0 Å². The highest BCUT2D eigenvalue weighted by molar-refractivity contribution is 5.75. The molecule has 0 spiro atoms. The molecule has 2 aliphatic rings. The van der Waals surface area contributed by atoms with Crippen molar-refractivity contribution < 1.29 is 29.2 Å². The van der Waals surface area contributed by atoms with Gasteiger partial charge in [-0.25, -0.2) is 0 Å². The normalized spacial score (nSPS) is 38.3. The van der Waals surface area contributed by atoms with Crippen LogP contribution in [0.3, 0.4) is 0 Å². The predicted molar refractivity (Wildman–Crippen MR) is 64.0 cm³/mol. The van der Waals surface area contributed by atoms with Gasteiger partial charge in [-0.3, -0.25) is 4.79 Å². The van der Waals surface area contributed by atoms with Crippen LogP contribution in [0.15, 0.2) is 0 Å². The third-order valence-corrected chi connectivity index (χ3v) is 3.67. The summed E-state index contributed by atoms with van der Waals surface area (Å²) in [6.45, 7) is 4.58. The minimum Gasteiger partial charge on any atom is -0.394 e. The first kappa shape index (κ1) is 14.7. The summed E-state index contributed by atoms with van der Waals surface area (Å²) in [6, 6.07) is -0.427. The maximum atomic E-state index is 11.8. The monoisotopic (exact) mass is 275 g/mol. The van der Waals surface area contributed by atoms with Crippen LogP contribution in [0.5, 0.6) is 0 Å². The van der Waals surface area contributed by atoms with E-state index in [0.29, 0.717) is 0 Å². The summed E-state index contributed by atoms with van der Waals surface area (Å²) in [6.07, 6.45) is -2.99. The topological polar surface area (TPSA) is 88.5 Å². The van der Waals surface area contributed by atoms with E-state index in [1.807, 2.05) is 0 Å². The van der Waals surface area contributed by atoms with Crippen LogP contribution in [0.1, 0.15) is 20.8 Å². The average Bonchev–Trinajstić information content (AvgIpc) is 2.79. The van der Waals surface area contributed by atoms with Crippen molar-refractivity contribution in [1.29, 1.82) is 0 Å². The summed E-state index contributed by atoms with van der Waals surface area (Å²) in [7, 11) is 1.47. The molecule has 7 heteroatoms. The molecule has 7 nitrogen and oxygen atoms in total. The number of nitrogens with zero attached hydrogens (tertiary/aromatic N) is 1. The lowest BCUT2D eigenvalue weighted by Gasteiger charge is -2.34. The van der Waals surface area contributed by atoms with Crippen LogP contribution in [-0.2, 0) is 19.0 Å². The molecule has 2 heterocycles. The zero-order chi connectivity index (χ0) is 14.4. The Morgan fingerprint density at radius 1 is 1.53 bits per heavy atom. The van der Waals surface area contributed by atoms with Crippen molar-refractivity contribution in [3.05, 3.63) is 0 Å². The summed E-state index contributed by atoms with van der Waals surface area (Å²) >= 11 is 0. The van der Waals surface area contributed by atoms with Gasteiger partial charge in [0.05, 0.1) is 6.61 Å². The largest absolute Gasteiger partial charge is 0.394 e. The zero-order valence-corrected chi connectivity index (χ0v) is 11.6. The molecule has 5 atom stereocenters. The molecule has 0 unspecified atom stereocenters. The first-order valence-electron chi connectivity index (χ1n) is 6.28. The van der Waals surface area contributed by atoms with Gasteiger partial charge in [0.15, 0.2) is 6.29 Å². The van der Waals surface area contributed by atoms with Crippen LogP contribution in [-0.4, -0.2) is 71.1 Å². The summed E-state index contributed by atoms with van der Waals surface area (Å²) < 4.78 is 16.6. The molecular weight excluding hydrogens is 254 g/mol. The second-order valence-corrected chi connectivity index (χ2v) is 5.36. The van der Waals surface area contributed by atoms with Crippen molar-refractivity contribution in [1.82, 2.24) is 4.90 Å². The van der Waals surface area contributed by atoms with Crippen LogP contribution in [0.2, 0.25) is 0 Å². The van der Waals surface area contributed by atoms with Crippen molar-refractivity contribution in [3.63, 3.8) is 0 Å². The third-order valence-electron chi connectivity index (χ3n) is 3.67. The number of rotatable bonds is 3. The Morgan fingerprint density at radius 3 is 2.63 bits per heavy atom. The molecular formula is C12H21NO6. The second-order valence-electron chi connectivity index (χ2n) is 5.36. The van der Waals surface area contributed by atoms with E-state index in [4.69, 9.17) is 19.3 Å².